The summed E-state index contributed by atoms with van der Waals surface area (Å²) in [7, 11) is -2.66. The van der Waals surface area contributed by atoms with Gasteiger partial charge in [0, 0.05) is 17.3 Å². The van der Waals surface area contributed by atoms with E-state index >= 15 is 0 Å². The van der Waals surface area contributed by atoms with Gasteiger partial charge in [0.2, 0.25) is 0 Å². The van der Waals surface area contributed by atoms with Crippen LogP contribution >= 0.6 is 8.17 Å². The zero-order valence-corrected chi connectivity index (χ0v) is 14.4. The van der Waals surface area contributed by atoms with Gasteiger partial charge in [-0.2, -0.15) is 0 Å². The average molecular weight is 379 g/mol. The van der Waals surface area contributed by atoms with Gasteiger partial charge in [-0.15, -0.1) is 0 Å². The maximum absolute atomic E-state index is 12.0. The Morgan fingerprint density at radius 1 is 1.19 bits per heavy atom. The van der Waals surface area contributed by atoms with Gasteiger partial charge >= 0.3 is 14.1 Å². The van der Waals surface area contributed by atoms with Gasteiger partial charge in [0.05, 0.1) is 9.78 Å². The van der Waals surface area contributed by atoms with Gasteiger partial charge in [0.15, 0.2) is 17.5 Å². The number of benzene rings is 2. The van der Waals surface area contributed by atoms with Crippen molar-refractivity contribution in [3.8, 4) is 11.5 Å². The Kier molecular flexibility index (Phi) is 6.56. The highest BCUT2D eigenvalue weighted by Crippen LogP contribution is 2.26. The van der Waals surface area contributed by atoms with Crippen LogP contribution in [0.5, 0.6) is 11.5 Å². The second kappa shape index (κ2) is 8.86. The maximum Gasteiger partial charge on any atom is 0.416 e. The summed E-state index contributed by atoms with van der Waals surface area (Å²) in [5.74, 6) is -0.912. The van der Waals surface area contributed by atoms with Crippen molar-refractivity contribution < 1.29 is 29.1 Å². The number of carboxylic acid groups (broad SMARTS) is 1. The molecular weight excluding hydrogens is 365 g/mol. The fraction of sp³-hybridized carbons (Fsp3) is 0.133. The van der Waals surface area contributed by atoms with Crippen LogP contribution in [-0.4, -0.2) is 27.2 Å². The number of hydroxylamine groups is 1. The van der Waals surface area contributed by atoms with Crippen LogP contribution in [0.4, 0.5) is 5.69 Å². The molecule has 0 bridgehead atoms. The Balaban J connectivity index is 2.18. The second-order valence-electron chi connectivity index (χ2n) is 4.89. The Labute approximate surface area is 148 Å². The van der Waals surface area contributed by atoms with Crippen molar-refractivity contribution in [2.45, 2.75) is 13.0 Å². The number of hydrogen-bond acceptors (Lipinski definition) is 7. The van der Waals surface area contributed by atoms with Gasteiger partial charge in [0.1, 0.15) is 0 Å². The zero-order chi connectivity index (χ0) is 19.1. The molecular formula is C15H14N3O7P. The highest BCUT2D eigenvalue weighted by molar-refractivity contribution is 7.33. The molecule has 0 aromatic heterocycles. The molecule has 11 heteroatoms. The molecule has 136 valence electrons. The van der Waals surface area contributed by atoms with Crippen LogP contribution < -0.4 is 14.3 Å². The van der Waals surface area contributed by atoms with Gasteiger partial charge in [-0.25, -0.2) is 0 Å². The van der Waals surface area contributed by atoms with Gasteiger partial charge in [0.25, 0.3) is 5.69 Å². The lowest BCUT2D eigenvalue weighted by Crippen LogP contribution is -2.37. The Bertz CT molecular complexity index is 799. The minimum Gasteiger partial charge on any atom is -0.574 e. The number of rotatable bonds is 8. The van der Waals surface area contributed by atoms with Crippen LogP contribution in [0.3, 0.4) is 0 Å². The molecule has 2 rings (SSSR count). The van der Waals surface area contributed by atoms with E-state index in [1.54, 1.807) is 30.3 Å². The summed E-state index contributed by atoms with van der Waals surface area (Å²) in [5.41, 5.74) is -0.161. The van der Waals surface area contributed by atoms with Crippen LogP contribution in [0.2, 0.25) is 0 Å². The lowest BCUT2D eigenvalue weighted by atomic mass is 10.3. The van der Waals surface area contributed by atoms with Crippen LogP contribution in [0.15, 0.2) is 59.5 Å². The van der Waals surface area contributed by atoms with E-state index < -0.39 is 25.1 Å². The number of aliphatic carboxylic acids is 1. The third-order valence-corrected chi connectivity index (χ3v) is 3.71. The van der Waals surface area contributed by atoms with Crippen LogP contribution in [-0.2, 0) is 4.79 Å². The Morgan fingerprint density at radius 2 is 1.81 bits per heavy atom. The number of carbonyl (C=O) groups is 1. The number of carboxylic acids is 1. The summed E-state index contributed by atoms with van der Waals surface area (Å²) >= 11 is 0. The lowest BCUT2D eigenvalue weighted by molar-refractivity contribution is -0.384. The average Bonchev–Trinajstić information content (AvgIpc) is 2.61. The van der Waals surface area contributed by atoms with Crippen molar-refractivity contribution in [2.24, 2.45) is 4.85 Å². The predicted molar refractivity (Wildman–Crippen MR) is 89.1 cm³/mol. The summed E-state index contributed by atoms with van der Waals surface area (Å²) in [6.45, 7) is 1.27. The normalized spacial score (nSPS) is 12.5. The van der Waals surface area contributed by atoms with Crippen LogP contribution in [0.1, 0.15) is 6.92 Å². The van der Waals surface area contributed by atoms with Gasteiger partial charge in [-0.05, 0) is 31.2 Å². The number of nitro benzene ring substituents is 1. The molecule has 0 spiro atoms. The molecule has 10 nitrogen and oxygen atoms in total. The summed E-state index contributed by atoms with van der Waals surface area (Å²) in [4.78, 5) is 42.2. The summed E-state index contributed by atoms with van der Waals surface area (Å²) in [5, 5.41) is 20.4. The third kappa shape index (κ3) is 5.49. The smallest absolute Gasteiger partial charge is 0.416 e. The summed E-state index contributed by atoms with van der Waals surface area (Å²) < 4.78 is 5.10. The highest BCUT2D eigenvalue weighted by atomic mass is 31.1. The van der Waals surface area contributed by atoms with E-state index in [1.807, 2.05) is 0 Å². The molecule has 0 fully saturated rings. The molecule has 0 aliphatic carbocycles. The Morgan fingerprint density at radius 3 is 2.35 bits per heavy atom. The number of nitrogens with zero attached hydrogens (tertiary/aromatic N) is 3. The van der Waals surface area contributed by atoms with Crippen molar-refractivity contribution in [1.29, 1.82) is 0 Å². The molecule has 0 radical (unpaired) electrons. The number of nitro groups is 1. The second-order valence-corrected chi connectivity index (χ2v) is 5.73. The molecule has 0 heterocycles. The molecule has 2 aromatic rings. The fourth-order valence-corrected chi connectivity index (χ4v) is 2.34. The standard InChI is InChI=1S/C15H14N3O7P/c1-11(15(19)20)17(16-26(23)25-14-5-3-2-4-6-14)24-13-9-7-12(8-10-13)18(21)22/h2-11H,1H3,(H,19,20)/t11-/m0/s1. The van der Waals surface area contributed by atoms with Gasteiger partial charge in [-0.1, -0.05) is 18.2 Å². The van der Waals surface area contributed by atoms with E-state index in [2.05, 4.69) is 4.85 Å². The third-order valence-electron chi connectivity index (χ3n) is 3.02. The van der Waals surface area contributed by atoms with Crippen molar-refractivity contribution in [3.05, 3.63) is 64.7 Å². The molecule has 0 saturated carbocycles. The Hall–Kier alpha value is -3.07. The first-order chi connectivity index (χ1) is 12.4. The first kappa shape index (κ1) is 19.3. The summed E-state index contributed by atoms with van der Waals surface area (Å²) in [6, 6.07) is 11.8. The molecule has 0 saturated heterocycles. The van der Waals surface area contributed by atoms with Gasteiger partial charge < -0.3 is 14.8 Å². The van der Waals surface area contributed by atoms with E-state index in [1.165, 1.54) is 31.2 Å². The quantitative estimate of drug-likeness (QED) is 0.419. The largest absolute Gasteiger partial charge is 0.574 e. The van der Waals surface area contributed by atoms with Crippen LogP contribution in [0, 0.1) is 10.1 Å². The van der Waals surface area contributed by atoms with Crippen molar-refractivity contribution >= 4 is 19.8 Å². The molecule has 0 aliphatic heterocycles. The summed E-state index contributed by atoms with van der Waals surface area (Å²) in [6.07, 6.45) is 0. The maximum atomic E-state index is 12.0. The van der Waals surface area contributed by atoms with Gasteiger partial charge in [-0.3, -0.25) is 19.4 Å². The minimum atomic E-state index is -2.66. The molecule has 2 aromatic carbocycles. The SMILES string of the molecule is C[C@@H](C(=O)O)N(/N=[P+](\[O-])Oc1ccccc1)Oc1ccc([N+](=O)[O-])cc1. The van der Waals surface area contributed by atoms with E-state index in [9.17, 15) is 19.8 Å². The molecule has 1 N–H and O–H groups in total. The molecule has 26 heavy (non-hydrogen) atoms. The number of para-hydroxylation sites is 1. The van der Waals surface area contributed by atoms with Crippen molar-refractivity contribution in [3.63, 3.8) is 0 Å². The van der Waals surface area contributed by atoms with Crippen molar-refractivity contribution in [1.82, 2.24) is 5.17 Å². The topological polar surface area (TPSA) is 138 Å². The van der Waals surface area contributed by atoms with Crippen LogP contribution in [0.25, 0.3) is 0 Å². The zero-order valence-electron chi connectivity index (χ0n) is 13.5. The van der Waals surface area contributed by atoms with E-state index in [4.69, 9.17) is 14.5 Å². The predicted octanol–water partition coefficient (Wildman–Crippen LogP) is 2.51. The molecule has 0 aliphatic rings. The monoisotopic (exact) mass is 379 g/mol. The first-order valence-corrected chi connectivity index (χ1v) is 8.36. The lowest BCUT2D eigenvalue weighted by Gasteiger charge is -2.18. The number of hydrogen-bond donors (Lipinski definition) is 1. The molecule has 1 unspecified atom stereocenters. The minimum absolute atomic E-state index is 0.0792. The highest BCUT2D eigenvalue weighted by Gasteiger charge is 2.26. The first-order valence-electron chi connectivity index (χ1n) is 7.23. The van der Waals surface area contributed by atoms with E-state index in [0.717, 1.165) is 0 Å². The number of non-ortho nitro benzene ring substituents is 1. The van der Waals surface area contributed by atoms with Crippen molar-refractivity contribution in [2.75, 3.05) is 0 Å². The fourth-order valence-electron chi connectivity index (χ4n) is 1.67. The van der Waals surface area contributed by atoms with E-state index in [0.29, 0.717) is 5.17 Å². The van der Waals surface area contributed by atoms with E-state index in [-0.39, 0.29) is 17.2 Å². The molecule has 0 amide bonds. The molecule has 2 atom stereocenters.